The fourth-order valence-corrected chi connectivity index (χ4v) is 0.955. The van der Waals surface area contributed by atoms with Crippen LogP contribution in [-0.2, 0) is 11.2 Å². The van der Waals surface area contributed by atoms with Gasteiger partial charge in [0.25, 0.3) is 0 Å². The molecular weight excluding hydrogens is 170 g/mol. The number of nitrogens with zero attached hydrogens (tertiary/aromatic N) is 1. The lowest BCUT2D eigenvalue weighted by Crippen LogP contribution is -1.88. The second-order valence-electron chi connectivity index (χ2n) is 2.55. The molecule has 0 aliphatic carbocycles. The number of benzene rings is 1. The molecule has 0 aromatic heterocycles. The van der Waals surface area contributed by atoms with E-state index in [0.717, 1.165) is 5.56 Å². The Morgan fingerprint density at radius 2 is 2.08 bits per heavy atom. The summed E-state index contributed by atoms with van der Waals surface area (Å²) in [4.78, 5) is 13.1. The molecule has 2 N–H and O–H groups in total. The molecule has 68 valence electrons. The highest BCUT2D eigenvalue weighted by molar-refractivity contribution is 5.40. The maximum atomic E-state index is 9.74. The van der Waals surface area contributed by atoms with E-state index in [-0.39, 0.29) is 11.5 Å². The highest BCUT2D eigenvalue weighted by Crippen LogP contribution is 2.24. The Morgan fingerprint density at radius 3 is 2.69 bits per heavy atom. The molecule has 1 aromatic carbocycles. The van der Waals surface area contributed by atoms with E-state index in [2.05, 4.69) is 4.99 Å². The lowest BCUT2D eigenvalue weighted by molar-refractivity contribution is 0.403. The minimum Gasteiger partial charge on any atom is -0.504 e. The number of isocyanates is 1. The molecule has 4 nitrogen and oxygen atoms in total. The number of hydrogen-bond donors (Lipinski definition) is 2. The topological polar surface area (TPSA) is 69.9 Å². The average molecular weight is 179 g/mol. The molecule has 0 amide bonds. The van der Waals surface area contributed by atoms with Crippen molar-refractivity contribution in [1.29, 1.82) is 0 Å². The van der Waals surface area contributed by atoms with Gasteiger partial charge in [0.2, 0.25) is 6.08 Å². The van der Waals surface area contributed by atoms with E-state index in [1.807, 2.05) is 0 Å². The third-order valence-electron chi connectivity index (χ3n) is 1.62. The van der Waals surface area contributed by atoms with Crippen LogP contribution in [0.15, 0.2) is 23.2 Å². The molecule has 0 fully saturated rings. The van der Waals surface area contributed by atoms with Crippen LogP contribution in [0, 0.1) is 0 Å². The predicted octanol–water partition coefficient (Wildman–Crippen LogP) is 0.976. The third kappa shape index (κ3) is 2.61. The number of phenolic OH excluding ortho intramolecular Hbond substituents is 2. The Kier molecular flexibility index (Phi) is 3.06. The van der Waals surface area contributed by atoms with E-state index in [1.165, 1.54) is 18.2 Å². The van der Waals surface area contributed by atoms with Crippen molar-refractivity contribution in [2.24, 2.45) is 4.99 Å². The van der Waals surface area contributed by atoms with Crippen LogP contribution in [-0.4, -0.2) is 22.8 Å². The Labute approximate surface area is 75.2 Å². The molecule has 1 rings (SSSR count). The summed E-state index contributed by atoms with van der Waals surface area (Å²) in [6, 6.07) is 4.50. The molecule has 0 radical (unpaired) electrons. The molecule has 0 aliphatic rings. The molecule has 0 bridgehead atoms. The maximum absolute atomic E-state index is 9.74. The molecule has 1 aromatic rings. The van der Waals surface area contributed by atoms with Gasteiger partial charge in [-0.25, -0.2) is 9.79 Å². The van der Waals surface area contributed by atoms with Crippen LogP contribution >= 0.6 is 0 Å². The second kappa shape index (κ2) is 4.28. The molecule has 0 spiro atoms. The van der Waals surface area contributed by atoms with Crippen molar-refractivity contribution in [3.8, 4) is 11.5 Å². The largest absolute Gasteiger partial charge is 0.504 e. The molecule has 0 saturated heterocycles. The van der Waals surface area contributed by atoms with Crippen LogP contribution in [0.5, 0.6) is 11.5 Å². The molecule has 0 saturated carbocycles. The summed E-state index contributed by atoms with van der Waals surface area (Å²) in [6.07, 6.45) is 1.97. The maximum Gasteiger partial charge on any atom is 0.234 e. The summed E-state index contributed by atoms with van der Waals surface area (Å²) < 4.78 is 0. The van der Waals surface area contributed by atoms with Crippen LogP contribution in [0.3, 0.4) is 0 Å². The van der Waals surface area contributed by atoms with Gasteiger partial charge in [0, 0.05) is 0 Å². The van der Waals surface area contributed by atoms with Gasteiger partial charge in [-0.05, 0) is 24.1 Å². The lowest BCUT2D eigenvalue weighted by Gasteiger charge is -2.00. The van der Waals surface area contributed by atoms with Gasteiger partial charge in [0.15, 0.2) is 11.5 Å². The van der Waals surface area contributed by atoms with Crippen molar-refractivity contribution in [2.45, 2.75) is 6.42 Å². The van der Waals surface area contributed by atoms with Gasteiger partial charge in [-0.2, -0.15) is 0 Å². The number of rotatable bonds is 3. The first-order valence-electron chi connectivity index (χ1n) is 3.78. The van der Waals surface area contributed by atoms with Crippen molar-refractivity contribution in [1.82, 2.24) is 0 Å². The van der Waals surface area contributed by atoms with Gasteiger partial charge in [0.05, 0.1) is 6.54 Å². The zero-order chi connectivity index (χ0) is 9.68. The van der Waals surface area contributed by atoms with Gasteiger partial charge in [0.1, 0.15) is 0 Å². The van der Waals surface area contributed by atoms with Crippen LogP contribution in [0.25, 0.3) is 0 Å². The van der Waals surface area contributed by atoms with E-state index in [4.69, 9.17) is 10.2 Å². The highest BCUT2D eigenvalue weighted by atomic mass is 16.3. The van der Waals surface area contributed by atoms with Crippen LogP contribution in [0.2, 0.25) is 0 Å². The van der Waals surface area contributed by atoms with Gasteiger partial charge in [-0.3, -0.25) is 0 Å². The Hall–Kier alpha value is -1.80. The Bertz CT molecular complexity index is 343. The molecule has 0 atom stereocenters. The summed E-state index contributed by atoms with van der Waals surface area (Å²) in [5.41, 5.74) is 0.814. The number of hydrogen-bond acceptors (Lipinski definition) is 4. The highest BCUT2D eigenvalue weighted by Gasteiger charge is 1.99. The van der Waals surface area contributed by atoms with Crippen molar-refractivity contribution in [2.75, 3.05) is 6.54 Å². The first-order chi connectivity index (χ1) is 6.24. The van der Waals surface area contributed by atoms with E-state index < -0.39 is 0 Å². The SMILES string of the molecule is O=C=NCCc1ccc(O)c(O)c1. The van der Waals surface area contributed by atoms with Gasteiger partial charge >= 0.3 is 0 Å². The van der Waals surface area contributed by atoms with Crippen molar-refractivity contribution < 1.29 is 15.0 Å². The number of carbonyl (C=O) groups excluding carboxylic acids is 1. The summed E-state index contributed by atoms with van der Waals surface area (Å²) in [5.74, 6) is -0.310. The van der Waals surface area contributed by atoms with E-state index in [0.29, 0.717) is 13.0 Å². The van der Waals surface area contributed by atoms with E-state index >= 15 is 0 Å². The zero-order valence-corrected chi connectivity index (χ0v) is 6.90. The number of phenols is 2. The predicted molar refractivity (Wildman–Crippen MR) is 46.5 cm³/mol. The van der Waals surface area contributed by atoms with Crippen molar-refractivity contribution >= 4 is 6.08 Å². The van der Waals surface area contributed by atoms with E-state index in [1.54, 1.807) is 6.07 Å². The fourth-order valence-electron chi connectivity index (χ4n) is 0.955. The molecule has 0 heterocycles. The lowest BCUT2D eigenvalue weighted by atomic mass is 10.1. The van der Waals surface area contributed by atoms with Crippen molar-refractivity contribution in [3.05, 3.63) is 23.8 Å². The Morgan fingerprint density at radius 1 is 1.31 bits per heavy atom. The van der Waals surface area contributed by atoms with Gasteiger partial charge in [-0.15, -0.1) is 0 Å². The van der Waals surface area contributed by atoms with Gasteiger partial charge in [-0.1, -0.05) is 6.07 Å². The second-order valence-corrected chi connectivity index (χ2v) is 2.55. The summed E-state index contributed by atoms with van der Waals surface area (Å²) in [5, 5.41) is 18.1. The first-order valence-corrected chi connectivity index (χ1v) is 3.78. The molecule has 4 heteroatoms. The summed E-state index contributed by atoms with van der Waals surface area (Å²) in [7, 11) is 0. The molecule has 0 aliphatic heterocycles. The van der Waals surface area contributed by atoms with Crippen LogP contribution in [0.4, 0.5) is 0 Å². The van der Waals surface area contributed by atoms with E-state index in [9.17, 15) is 4.79 Å². The normalized spacial score (nSPS) is 9.23. The smallest absolute Gasteiger partial charge is 0.234 e. The summed E-state index contributed by atoms with van der Waals surface area (Å²) in [6.45, 7) is 0.341. The van der Waals surface area contributed by atoms with Gasteiger partial charge < -0.3 is 10.2 Å². The molecule has 0 unspecified atom stereocenters. The summed E-state index contributed by atoms with van der Waals surface area (Å²) >= 11 is 0. The molecular formula is C9H9NO3. The molecule has 13 heavy (non-hydrogen) atoms. The Balaban J connectivity index is 2.68. The monoisotopic (exact) mass is 179 g/mol. The number of aliphatic imine (C=N–C) groups is 1. The average Bonchev–Trinajstić information content (AvgIpc) is 2.12. The van der Waals surface area contributed by atoms with Crippen LogP contribution in [0.1, 0.15) is 5.56 Å². The van der Waals surface area contributed by atoms with Crippen LogP contribution < -0.4 is 0 Å². The zero-order valence-electron chi connectivity index (χ0n) is 6.90. The quantitative estimate of drug-likeness (QED) is 0.412. The minimum absolute atomic E-state index is 0.150. The van der Waals surface area contributed by atoms with Crippen molar-refractivity contribution in [3.63, 3.8) is 0 Å². The first kappa shape index (κ1) is 9.29. The third-order valence-corrected chi connectivity index (χ3v) is 1.62. The minimum atomic E-state index is -0.160. The fraction of sp³-hybridized carbons (Fsp3) is 0.222. The standard InChI is InChI=1S/C9H9NO3/c11-6-10-4-3-7-1-2-8(12)9(13)5-7/h1-2,5,12-13H,3-4H2. The number of aromatic hydroxyl groups is 2.